The van der Waals surface area contributed by atoms with E-state index in [0.29, 0.717) is 11.9 Å². The van der Waals surface area contributed by atoms with Gasteiger partial charge in [-0.2, -0.15) is 0 Å². The summed E-state index contributed by atoms with van der Waals surface area (Å²) in [4.78, 5) is 27.6. The van der Waals surface area contributed by atoms with Crippen molar-refractivity contribution in [1.82, 2.24) is 14.0 Å². The molecule has 0 amide bonds. The van der Waals surface area contributed by atoms with Crippen LogP contribution in [0.4, 0.5) is 0 Å². The molecular weight excluding hydrogens is 290 g/mol. The molecule has 0 radical (unpaired) electrons. The number of nitrogens with zero attached hydrogens (tertiary/aromatic N) is 3. The van der Waals surface area contributed by atoms with Gasteiger partial charge in [0.05, 0.1) is 16.9 Å². The maximum Gasteiger partial charge on any atom is 0.268 e. The van der Waals surface area contributed by atoms with Gasteiger partial charge >= 0.3 is 0 Å². The SMILES string of the molecule is CN(C)CCn1c2c(c(=O)c3ccccc31)C(=O)n1cccc1-2. The molecule has 0 saturated carbocycles. The maximum absolute atomic E-state index is 12.8. The number of rotatable bonds is 3. The van der Waals surface area contributed by atoms with Gasteiger partial charge in [0, 0.05) is 24.7 Å². The van der Waals surface area contributed by atoms with Gasteiger partial charge in [0.15, 0.2) is 0 Å². The Balaban J connectivity index is 2.11. The number of hydrogen-bond donors (Lipinski definition) is 0. The molecule has 1 aromatic carbocycles. The molecule has 0 N–H and O–H groups in total. The Kier molecular flexibility index (Phi) is 2.99. The fourth-order valence-electron chi connectivity index (χ4n) is 3.27. The van der Waals surface area contributed by atoms with Crippen molar-refractivity contribution in [1.29, 1.82) is 0 Å². The number of carbonyl (C=O) groups is 1. The lowest BCUT2D eigenvalue weighted by molar-refractivity contribution is 0.0968. The zero-order chi connectivity index (χ0) is 16.1. The van der Waals surface area contributed by atoms with Crippen molar-refractivity contribution in [3.05, 3.63) is 58.4 Å². The third-order valence-corrected chi connectivity index (χ3v) is 4.37. The number of fused-ring (bicyclic) bond motifs is 4. The first-order valence-electron chi connectivity index (χ1n) is 7.62. The van der Waals surface area contributed by atoms with Crippen LogP contribution in [0.2, 0.25) is 0 Å². The van der Waals surface area contributed by atoms with Gasteiger partial charge in [-0.15, -0.1) is 0 Å². The minimum atomic E-state index is -0.227. The minimum Gasteiger partial charge on any atom is -0.337 e. The van der Waals surface area contributed by atoms with Crippen molar-refractivity contribution >= 4 is 16.8 Å². The van der Waals surface area contributed by atoms with Gasteiger partial charge < -0.3 is 9.47 Å². The van der Waals surface area contributed by atoms with E-state index < -0.39 is 0 Å². The van der Waals surface area contributed by atoms with Crippen molar-refractivity contribution in [3.8, 4) is 11.4 Å². The molecule has 2 aromatic heterocycles. The third kappa shape index (κ3) is 1.90. The molecule has 0 aliphatic carbocycles. The monoisotopic (exact) mass is 307 g/mol. The van der Waals surface area contributed by atoms with E-state index in [-0.39, 0.29) is 16.9 Å². The quantitative estimate of drug-likeness (QED) is 0.582. The number of carbonyl (C=O) groups excluding carboxylic acids is 1. The summed E-state index contributed by atoms with van der Waals surface area (Å²) in [6, 6.07) is 11.2. The van der Waals surface area contributed by atoms with Gasteiger partial charge in [-0.25, -0.2) is 0 Å². The number of hydrogen-bond acceptors (Lipinski definition) is 3. The number of pyridine rings is 1. The first kappa shape index (κ1) is 14.0. The summed E-state index contributed by atoms with van der Waals surface area (Å²) in [5, 5.41) is 0.601. The molecule has 23 heavy (non-hydrogen) atoms. The first-order chi connectivity index (χ1) is 11.1. The molecule has 0 bridgehead atoms. The Bertz CT molecular complexity index is 995. The largest absolute Gasteiger partial charge is 0.337 e. The van der Waals surface area contributed by atoms with Crippen LogP contribution in [0.3, 0.4) is 0 Å². The topological polar surface area (TPSA) is 47.2 Å². The molecule has 0 spiro atoms. The Hall–Kier alpha value is -2.66. The summed E-state index contributed by atoms with van der Waals surface area (Å²) in [6.07, 6.45) is 1.72. The third-order valence-electron chi connectivity index (χ3n) is 4.37. The van der Waals surface area contributed by atoms with Gasteiger partial charge in [-0.1, -0.05) is 12.1 Å². The van der Waals surface area contributed by atoms with Crippen LogP contribution in [-0.2, 0) is 6.54 Å². The van der Waals surface area contributed by atoms with E-state index in [1.54, 1.807) is 16.8 Å². The van der Waals surface area contributed by atoms with E-state index in [9.17, 15) is 9.59 Å². The zero-order valence-electron chi connectivity index (χ0n) is 13.1. The molecular formula is C18H17N3O2. The Morgan fingerprint density at radius 2 is 1.83 bits per heavy atom. The van der Waals surface area contributed by atoms with Gasteiger partial charge in [0.2, 0.25) is 5.43 Å². The molecule has 0 saturated heterocycles. The van der Waals surface area contributed by atoms with Gasteiger partial charge in [0.1, 0.15) is 5.56 Å². The number of aromatic nitrogens is 2. The molecule has 0 atom stereocenters. The van der Waals surface area contributed by atoms with Crippen LogP contribution in [0.15, 0.2) is 47.4 Å². The average Bonchev–Trinajstić information content (AvgIpc) is 3.11. The lowest BCUT2D eigenvalue weighted by Gasteiger charge is -2.18. The Labute approximate surface area is 133 Å². The predicted molar refractivity (Wildman–Crippen MR) is 89.9 cm³/mol. The molecule has 1 aliphatic rings. The van der Waals surface area contributed by atoms with Crippen molar-refractivity contribution < 1.29 is 4.79 Å². The van der Waals surface area contributed by atoms with Crippen LogP contribution in [0.25, 0.3) is 22.3 Å². The molecule has 1 aliphatic heterocycles. The van der Waals surface area contributed by atoms with Gasteiger partial charge in [-0.05, 0) is 38.4 Å². The highest BCUT2D eigenvalue weighted by molar-refractivity contribution is 6.10. The van der Waals surface area contributed by atoms with E-state index in [1.165, 1.54) is 0 Å². The lowest BCUT2D eigenvalue weighted by Crippen LogP contribution is -2.23. The molecule has 0 fully saturated rings. The number of benzene rings is 1. The molecule has 3 heterocycles. The summed E-state index contributed by atoms with van der Waals surface area (Å²) < 4.78 is 3.67. The molecule has 5 heteroatoms. The first-order valence-corrected chi connectivity index (χ1v) is 7.62. The Morgan fingerprint density at radius 1 is 1.04 bits per heavy atom. The molecule has 0 unspecified atom stereocenters. The highest BCUT2D eigenvalue weighted by Gasteiger charge is 2.32. The highest BCUT2D eigenvalue weighted by atomic mass is 16.2. The maximum atomic E-state index is 12.8. The smallest absolute Gasteiger partial charge is 0.268 e. The summed E-state index contributed by atoms with van der Waals surface area (Å²) in [5.41, 5.74) is 2.53. The van der Waals surface area contributed by atoms with Crippen LogP contribution in [-0.4, -0.2) is 40.6 Å². The van der Waals surface area contributed by atoms with Crippen molar-refractivity contribution in [2.75, 3.05) is 20.6 Å². The fraction of sp³-hybridized carbons (Fsp3) is 0.222. The van der Waals surface area contributed by atoms with Crippen LogP contribution in [0, 0.1) is 0 Å². The second-order valence-electron chi connectivity index (χ2n) is 6.09. The minimum absolute atomic E-state index is 0.176. The molecule has 4 rings (SSSR count). The van der Waals surface area contributed by atoms with E-state index in [0.717, 1.165) is 23.4 Å². The Morgan fingerprint density at radius 3 is 2.61 bits per heavy atom. The van der Waals surface area contributed by atoms with Crippen molar-refractivity contribution in [3.63, 3.8) is 0 Å². The fourth-order valence-corrected chi connectivity index (χ4v) is 3.27. The van der Waals surface area contributed by atoms with Gasteiger partial charge in [-0.3, -0.25) is 14.2 Å². The van der Waals surface area contributed by atoms with Crippen LogP contribution < -0.4 is 5.43 Å². The molecule has 116 valence electrons. The summed E-state index contributed by atoms with van der Waals surface area (Å²) >= 11 is 0. The van der Waals surface area contributed by atoms with E-state index >= 15 is 0 Å². The average molecular weight is 307 g/mol. The van der Waals surface area contributed by atoms with E-state index in [2.05, 4.69) is 9.47 Å². The van der Waals surface area contributed by atoms with E-state index in [1.807, 2.05) is 44.4 Å². The summed E-state index contributed by atoms with van der Waals surface area (Å²) in [5.74, 6) is -0.227. The summed E-state index contributed by atoms with van der Waals surface area (Å²) in [6.45, 7) is 1.54. The van der Waals surface area contributed by atoms with E-state index in [4.69, 9.17) is 0 Å². The predicted octanol–water partition coefficient (Wildman–Crippen LogP) is 2.03. The molecule has 5 nitrogen and oxygen atoms in total. The second kappa shape index (κ2) is 4.93. The second-order valence-corrected chi connectivity index (χ2v) is 6.09. The van der Waals surface area contributed by atoms with Crippen LogP contribution in [0.1, 0.15) is 10.4 Å². The zero-order valence-corrected chi connectivity index (χ0v) is 13.1. The van der Waals surface area contributed by atoms with Crippen LogP contribution >= 0.6 is 0 Å². The normalized spacial score (nSPS) is 12.9. The van der Waals surface area contributed by atoms with Crippen molar-refractivity contribution in [2.45, 2.75) is 6.54 Å². The molecule has 3 aromatic rings. The van der Waals surface area contributed by atoms with Gasteiger partial charge in [0.25, 0.3) is 5.91 Å². The summed E-state index contributed by atoms with van der Waals surface area (Å²) in [7, 11) is 4.03. The van der Waals surface area contributed by atoms with Crippen molar-refractivity contribution in [2.24, 2.45) is 0 Å². The lowest BCUT2D eigenvalue weighted by atomic mass is 10.1. The number of likely N-dealkylation sites (N-methyl/N-ethyl adjacent to an activating group) is 1. The standard InChI is InChI=1S/C18H17N3O2/c1-19(2)10-11-20-13-7-4-3-6-12(13)17(22)15-16(20)14-8-5-9-21(14)18(15)23/h3-9H,10-11H2,1-2H3. The number of para-hydroxylation sites is 1. The highest BCUT2D eigenvalue weighted by Crippen LogP contribution is 2.32. The van der Waals surface area contributed by atoms with Crippen LogP contribution in [0.5, 0.6) is 0 Å².